The lowest BCUT2D eigenvalue weighted by atomic mass is 10.1. The van der Waals surface area contributed by atoms with Crippen molar-refractivity contribution < 1.29 is 14.4 Å². The molecule has 0 saturated carbocycles. The van der Waals surface area contributed by atoms with Crippen LogP contribution in [0.25, 0.3) is 10.1 Å². The van der Waals surface area contributed by atoms with Crippen molar-refractivity contribution in [2.75, 3.05) is 6.54 Å². The molecule has 3 aromatic rings. The zero-order chi connectivity index (χ0) is 15.7. The fraction of sp³-hybridized carbons (Fsp3) is 0.250. The lowest BCUT2D eigenvalue weighted by Gasteiger charge is -2.11. The minimum atomic E-state index is -0.749. The maximum absolute atomic E-state index is 12.2. The topological polar surface area (TPSA) is 75.4 Å². The summed E-state index contributed by atoms with van der Waals surface area (Å²) in [7, 11) is 0. The number of benzene rings is 1. The summed E-state index contributed by atoms with van der Waals surface area (Å²) < 4.78 is 6.10. The van der Waals surface area contributed by atoms with E-state index in [0.717, 1.165) is 15.6 Å². The van der Waals surface area contributed by atoms with E-state index in [2.05, 4.69) is 10.5 Å². The fourth-order valence-corrected chi connectivity index (χ4v) is 3.46. The van der Waals surface area contributed by atoms with Crippen LogP contribution in [0.1, 0.15) is 33.5 Å². The first-order chi connectivity index (χ1) is 10.6. The number of fused-ring (bicyclic) bond motifs is 1. The molecule has 2 aromatic heterocycles. The first-order valence-electron chi connectivity index (χ1n) is 6.93. The van der Waals surface area contributed by atoms with Crippen molar-refractivity contribution in [3.8, 4) is 0 Å². The number of nitrogens with zero attached hydrogens (tertiary/aromatic N) is 1. The third kappa shape index (κ3) is 2.63. The van der Waals surface area contributed by atoms with E-state index in [1.54, 1.807) is 25.2 Å². The Bertz CT molecular complexity index is 802. The van der Waals surface area contributed by atoms with Gasteiger partial charge in [-0.05, 0) is 30.7 Å². The van der Waals surface area contributed by atoms with E-state index >= 15 is 0 Å². The number of nitrogens with one attached hydrogen (secondary N) is 1. The van der Waals surface area contributed by atoms with Crippen LogP contribution in [0.3, 0.4) is 0 Å². The summed E-state index contributed by atoms with van der Waals surface area (Å²) in [5.74, 6) is 0.195. The van der Waals surface area contributed by atoms with Gasteiger partial charge in [-0.15, -0.1) is 11.3 Å². The number of carbonyl (C=O) groups is 1. The molecule has 2 N–H and O–H groups in total. The van der Waals surface area contributed by atoms with E-state index in [1.807, 2.05) is 29.6 Å². The number of hydrogen-bond acceptors (Lipinski definition) is 5. The minimum Gasteiger partial charge on any atom is -0.387 e. The Kier molecular flexibility index (Phi) is 3.96. The molecule has 1 amide bonds. The van der Waals surface area contributed by atoms with Crippen LogP contribution < -0.4 is 5.32 Å². The van der Waals surface area contributed by atoms with Crippen LogP contribution in [0.15, 0.2) is 34.2 Å². The third-order valence-electron chi connectivity index (χ3n) is 3.59. The molecule has 0 bridgehead atoms. The number of amides is 1. The molecule has 0 saturated heterocycles. The second-order valence-corrected chi connectivity index (χ2v) is 6.02. The summed E-state index contributed by atoms with van der Waals surface area (Å²) in [5, 5.41) is 19.8. The van der Waals surface area contributed by atoms with Crippen LogP contribution in [0.2, 0.25) is 0 Å². The Balaban J connectivity index is 1.72. The van der Waals surface area contributed by atoms with Crippen molar-refractivity contribution in [2.24, 2.45) is 0 Å². The van der Waals surface area contributed by atoms with Gasteiger partial charge in [-0.1, -0.05) is 23.4 Å². The van der Waals surface area contributed by atoms with Crippen molar-refractivity contribution >= 4 is 27.3 Å². The molecule has 6 heteroatoms. The standard InChI is InChI=1S/C16H16N2O3S/c1-9-15(10(2)21-18-9)16(20)17-7-13(19)12-8-22-14-6-4-3-5-11(12)14/h3-6,8,13,19H,7H2,1-2H3,(H,17,20). The zero-order valence-electron chi connectivity index (χ0n) is 12.3. The van der Waals surface area contributed by atoms with Gasteiger partial charge in [0.05, 0.1) is 11.8 Å². The lowest BCUT2D eigenvalue weighted by molar-refractivity contribution is 0.0915. The first-order valence-corrected chi connectivity index (χ1v) is 7.81. The number of aliphatic hydroxyl groups is 1. The van der Waals surface area contributed by atoms with E-state index in [1.165, 1.54) is 0 Å². The third-order valence-corrected chi connectivity index (χ3v) is 4.57. The molecule has 0 spiro atoms. The van der Waals surface area contributed by atoms with E-state index in [9.17, 15) is 9.90 Å². The Morgan fingerprint density at radius 1 is 1.41 bits per heavy atom. The summed E-state index contributed by atoms with van der Waals surface area (Å²) in [6, 6.07) is 7.89. The molecule has 5 nitrogen and oxygen atoms in total. The lowest BCUT2D eigenvalue weighted by Crippen LogP contribution is -2.29. The molecule has 0 radical (unpaired) electrons. The van der Waals surface area contributed by atoms with Crippen LogP contribution in [-0.2, 0) is 0 Å². The largest absolute Gasteiger partial charge is 0.387 e. The number of thiophene rings is 1. The monoisotopic (exact) mass is 316 g/mol. The number of aliphatic hydroxyl groups excluding tert-OH is 1. The summed E-state index contributed by atoms with van der Waals surface area (Å²) in [6.45, 7) is 3.55. The number of hydrogen-bond donors (Lipinski definition) is 2. The Morgan fingerprint density at radius 3 is 2.91 bits per heavy atom. The first kappa shape index (κ1) is 14.7. The SMILES string of the molecule is Cc1noc(C)c1C(=O)NCC(O)c1csc2ccccc12. The molecule has 0 aliphatic carbocycles. The molecular weight excluding hydrogens is 300 g/mol. The summed E-state index contributed by atoms with van der Waals surface area (Å²) in [4.78, 5) is 12.2. The Hall–Kier alpha value is -2.18. The quantitative estimate of drug-likeness (QED) is 0.776. The zero-order valence-corrected chi connectivity index (χ0v) is 13.1. The van der Waals surface area contributed by atoms with Gasteiger partial charge in [0.1, 0.15) is 11.3 Å². The van der Waals surface area contributed by atoms with Gasteiger partial charge in [0.2, 0.25) is 0 Å². The molecule has 0 fully saturated rings. The summed E-state index contributed by atoms with van der Waals surface area (Å²) in [5.41, 5.74) is 1.81. The van der Waals surface area contributed by atoms with E-state index < -0.39 is 6.10 Å². The smallest absolute Gasteiger partial charge is 0.256 e. The highest BCUT2D eigenvalue weighted by molar-refractivity contribution is 7.17. The average Bonchev–Trinajstić information content (AvgIpc) is 3.08. The van der Waals surface area contributed by atoms with Crippen LogP contribution in [-0.4, -0.2) is 22.7 Å². The maximum atomic E-state index is 12.2. The van der Waals surface area contributed by atoms with Crippen molar-refractivity contribution in [3.63, 3.8) is 0 Å². The summed E-state index contributed by atoms with van der Waals surface area (Å²) >= 11 is 1.58. The molecule has 1 aromatic carbocycles. The van der Waals surface area contributed by atoms with Gasteiger partial charge in [-0.2, -0.15) is 0 Å². The van der Waals surface area contributed by atoms with Gasteiger partial charge in [0, 0.05) is 16.8 Å². The molecule has 2 heterocycles. The molecule has 114 valence electrons. The van der Waals surface area contributed by atoms with Gasteiger partial charge in [0.15, 0.2) is 0 Å². The number of aryl methyl sites for hydroxylation is 2. The highest BCUT2D eigenvalue weighted by Gasteiger charge is 2.19. The highest BCUT2D eigenvalue weighted by Crippen LogP contribution is 2.29. The van der Waals surface area contributed by atoms with Gasteiger partial charge < -0.3 is 14.9 Å². The second kappa shape index (κ2) is 5.90. The predicted octanol–water partition coefficient (Wildman–Crippen LogP) is 2.97. The van der Waals surface area contributed by atoms with E-state index in [4.69, 9.17) is 4.52 Å². The van der Waals surface area contributed by atoms with Crippen molar-refractivity contribution in [1.29, 1.82) is 0 Å². The Labute approximate surface area is 131 Å². The van der Waals surface area contributed by atoms with Gasteiger partial charge >= 0.3 is 0 Å². The van der Waals surface area contributed by atoms with Crippen LogP contribution >= 0.6 is 11.3 Å². The molecular formula is C16H16N2O3S. The van der Waals surface area contributed by atoms with Crippen LogP contribution in [0.5, 0.6) is 0 Å². The highest BCUT2D eigenvalue weighted by atomic mass is 32.1. The number of aromatic nitrogens is 1. The number of carbonyl (C=O) groups excluding carboxylic acids is 1. The molecule has 3 rings (SSSR count). The van der Waals surface area contributed by atoms with Crippen molar-refractivity contribution in [1.82, 2.24) is 10.5 Å². The van der Waals surface area contributed by atoms with Crippen molar-refractivity contribution in [3.05, 3.63) is 52.2 Å². The minimum absolute atomic E-state index is 0.142. The average molecular weight is 316 g/mol. The molecule has 1 unspecified atom stereocenters. The maximum Gasteiger partial charge on any atom is 0.256 e. The Morgan fingerprint density at radius 2 is 2.18 bits per heavy atom. The molecule has 0 aliphatic rings. The van der Waals surface area contributed by atoms with Crippen LogP contribution in [0, 0.1) is 13.8 Å². The van der Waals surface area contributed by atoms with Gasteiger partial charge in [0.25, 0.3) is 5.91 Å². The van der Waals surface area contributed by atoms with E-state index in [0.29, 0.717) is 17.0 Å². The predicted molar refractivity (Wildman–Crippen MR) is 85.1 cm³/mol. The molecule has 0 aliphatic heterocycles. The fourth-order valence-electron chi connectivity index (χ4n) is 2.45. The molecule has 1 atom stereocenters. The van der Waals surface area contributed by atoms with E-state index in [-0.39, 0.29) is 12.5 Å². The van der Waals surface area contributed by atoms with Crippen LogP contribution in [0.4, 0.5) is 0 Å². The summed E-state index contributed by atoms with van der Waals surface area (Å²) in [6.07, 6.45) is -0.749. The second-order valence-electron chi connectivity index (χ2n) is 5.11. The molecule has 22 heavy (non-hydrogen) atoms. The normalized spacial score (nSPS) is 12.5. The number of rotatable bonds is 4. The van der Waals surface area contributed by atoms with Crippen molar-refractivity contribution in [2.45, 2.75) is 20.0 Å². The van der Waals surface area contributed by atoms with Gasteiger partial charge in [-0.3, -0.25) is 4.79 Å². The van der Waals surface area contributed by atoms with Gasteiger partial charge in [-0.25, -0.2) is 0 Å².